The fourth-order valence-corrected chi connectivity index (χ4v) is 3.76. The van der Waals surface area contributed by atoms with Crippen molar-refractivity contribution in [3.8, 4) is 5.75 Å². The molecule has 2 rings (SSSR count). The van der Waals surface area contributed by atoms with Gasteiger partial charge in [0.05, 0.1) is 10.0 Å². The standard InChI is InChI=1S/C25H32Cl2N2O3/c1-6-18(5)28-25(31)23(7-2)29(14-19-8-9-21(26)22(27)13-19)24(30)15-32-20-11-16(3)10-17(4)12-20/h8-13,18,23H,6-7,14-15H2,1-5H3,(H,28,31). The summed E-state index contributed by atoms with van der Waals surface area (Å²) in [5.74, 6) is 0.172. The Hall–Kier alpha value is -2.24. The van der Waals surface area contributed by atoms with Crippen molar-refractivity contribution in [2.24, 2.45) is 0 Å². The number of carbonyl (C=O) groups excluding carboxylic acids is 2. The van der Waals surface area contributed by atoms with Crippen LogP contribution >= 0.6 is 23.2 Å². The van der Waals surface area contributed by atoms with Gasteiger partial charge in [-0.25, -0.2) is 0 Å². The number of carbonyl (C=O) groups is 2. The number of benzene rings is 2. The van der Waals surface area contributed by atoms with Crippen LogP contribution in [0.4, 0.5) is 0 Å². The molecule has 5 nitrogen and oxygen atoms in total. The summed E-state index contributed by atoms with van der Waals surface area (Å²) in [6, 6.07) is 10.4. The number of rotatable bonds is 10. The molecule has 0 spiro atoms. The molecule has 32 heavy (non-hydrogen) atoms. The van der Waals surface area contributed by atoms with Gasteiger partial charge in [0.1, 0.15) is 11.8 Å². The molecule has 0 aliphatic rings. The smallest absolute Gasteiger partial charge is 0.261 e. The Labute approximate surface area is 201 Å². The number of nitrogens with one attached hydrogen (secondary N) is 1. The van der Waals surface area contributed by atoms with E-state index in [1.165, 1.54) is 0 Å². The lowest BCUT2D eigenvalue weighted by Gasteiger charge is -2.31. The summed E-state index contributed by atoms with van der Waals surface area (Å²) in [6.45, 7) is 9.84. The molecule has 0 saturated heterocycles. The van der Waals surface area contributed by atoms with Gasteiger partial charge in [-0.15, -0.1) is 0 Å². The highest BCUT2D eigenvalue weighted by Crippen LogP contribution is 2.24. The molecule has 0 radical (unpaired) electrons. The average Bonchev–Trinajstić information content (AvgIpc) is 2.73. The molecule has 2 unspecified atom stereocenters. The summed E-state index contributed by atoms with van der Waals surface area (Å²) in [7, 11) is 0. The number of halogens is 2. The zero-order valence-electron chi connectivity index (χ0n) is 19.4. The van der Waals surface area contributed by atoms with Gasteiger partial charge in [-0.2, -0.15) is 0 Å². The van der Waals surface area contributed by atoms with Crippen molar-refractivity contribution >= 4 is 35.0 Å². The molecule has 1 N–H and O–H groups in total. The van der Waals surface area contributed by atoms with E-state index < -0.39 is 6.04 Å². The molecule has 0 aliphatic carbocycles. The molecule has 2 aromatic rings. The Bertz CT molecular complexity index is 929. The fraction of sp³-hybridized carbons (Fsp3) is 0.440. The number of hydrogen-bond acceptors (Lipinski definition) is 3. The molecular weight excluding hydrogens is 447 g/mol. The fourth-order valence-electron chi connectivity index (χ4n) is 3.44. The van der Waals surface area contributed by atoms with Crippen LogP contribution in [-0.2, 0) is 16.1 Å². The Morgan fingerprint density at radius 2 is 1.66 bits per heavy atom. The molecule has 0 bridgehead atoms. The van der Waals surface area contributed by atoms with Crippen LogP contribution in [0.1, 0.15) is 50.3 Å². The minimum absolute atomic E-state index is 0.0185. The van der Waals surface area contributed by atoms with Gasteiger partial charge in [-0.3, -0.25) is 9.59 Å². The Morgan fingerprint density at radius 1 is 1.00 bits per heavy atom. The van der Waals surface area contributed by atoms with Gasteiger partial charge in [-0.05, 0) is 74.6 Å². The van der Waals surface area contributed by atoms with Crippen LogP contribution in [0.2, 0.25) is 10.0 Å². The Balaban J connectivity index is 2.26. The Kier molecular flexibility index (Phi) is 9.85. The van der Waals surface area contributed by atoms with E-state index in [2.05, 4.69) is 5.32 Å². The third-order valence-electron chi connectivity index (χ3n) is 5.28. The summed E-state index contributed by atoms with van der Waals surface area (Å²) >= 11 is 12.2. The molecular formula is C25H32Cl2N2O3. The van der Waals surface area contributed by atoms with Gasteiger partial charge < -0.3 is 15.0 Å². The zero-order valence-corrected chi connectivity index (χ0v) is 20.9. The summed E-state index contributed by atoms with van der Waals surface area (Å²) in [5.41, 5.74) is 2.90. The van der Waals surface area contributed by atoms with Crippen molar-refractivity contribution in [3.05, 3.63) is 63.1 Å². The van der Waals surface area contributed by atoms with E-state index in [1.807, 2.05) is 52.8 Å². The lowest BCUT2D eigenvalue weighted by atomic mass is 10.1. The van der Waals surface area contributed by atoms with E-state index in [0.717, 1.165) is 23.1 Å². The molecule has 2 atom stereocenters. The van der Waals surface area contributed by atoms with Crippen molar-refractivity contribution < 1.29 is 14.3 Å². The minimum Gasteiger partial charge on any atom is -0.484 e. The first-order chi connectivity index (χ1) is 15.1. The van der Waals surface area contributed by atoms with Crippen molar-refractivity contribution in [2.75, 3.05) is 6.61 Å². The van der Waals surface area contributed by atoms with Gasteiger partial charge in [0.15, 0.2) is 6.61 Å². The summed E-state index contributed by atoms with van der Waals surface area (Å²) in [4.78, 5) is 27.8. The Morgan fingerprint density at radius 3 is 2.22 bits per heavy atom. The average molecular weight is 479 g/mol. The van der Waals surface area contributed by atoms with E-state index in [-0.39, 0.29) is 31.0 Å². The van der Waals surface area contributed by atoms with Crippen LogP contribution in [0.25, 0.3) is 0 Å². The molecule has 0 aliphatic heterocycles. The predicted molar refractivity (Wildman–Crippen MR) is 130 cm³/mol. The topological polar surface area (TPSA) is 58.6 Å². The second-order valence-corrected chi connectivity index (χ2v) is 8.94. The van der Waals surface area contributed by atoms with Gasteiger partial charge in [0.25, 0.3) is 5.91 Å². The zero-order chi connectivity index (χ0) is 23.8. The molecule has 0 heterocycles. The highest BCUT2D eigenvalue weighted by molar-refractivity contribution is 6.42. The molecule has 2 aromatic carbocycles. The van der Waals surface area contributed by atoms with Gasteiger partial charge in [0.2, 0.25) is 5.91 Å². The van der Waals surface area contributed by atoms with Gasteiger partial charge in [0, 0.05) is 12.6 Å². The third-order valence-corrected chi connectivity index (χ3v) is 6.02. The lowest BCUT2D eigenvalue weighted by Crippen LogP contribution is -2.51. The first kappa shape index (κ1) is 26.0. The number of ether oxygens (including phenoxy) is 1. The summed E-state index contributed by atoms with van der Waals surface area (Å²) < 4.78 is 5.80. The second kappa shape index (κ2) is 12.1. The van der Waals surface area contributed by atoms with Crippen molar-refractivity contribution in [1.82, 2.24) is 10.2 Å². The monoisotopic (exact) mass is 478 g/mol. The van der Waals surface area contributed by atoms with E-state index in [4.69, 9.17) is 27.9 Å². The molecule has 174 valence electrons. The van der Waals surface area contributed by atoms with Crippen LogP contribution in [0.15, 0.2) is 36.4 Å². The first-order valence-corrected chi connectivity index (χ1v) is 11.6. The maximum absolute atomic E-state index is 13.3. The maximum Gasteiger partial charge on any atom is 0.261 e. The quantitative estimate of drug-likeness (QED) is 0.475. The van der Waals surface area contributed by atoms with Crippen LogP contribution in [0.3, 0.4) is 0 Å². The highest BCUT2D eigenvalue weighted by atomic mass is 35.5. The summed E-state index contributed by atoms with van der Waals surface area (Å²) in [6.07, 6.45) is 1.28. The van der Waals surface area contributed by atoms with Crippen molar-refractivity contribution in [2.45, 2.75) is 66.1 Å². The maximum atomic E-state index is 13.3. The summed E-state index contributed by atoms with van der Waals surface area (Å²) in [5, 5.41) is 3.83. The molecule has 7 heteroatoms. The van der Waals surface area contributed by atoms with Gasteiger partial charge in [-0.1, -0.05) is 49.2 Å². The molecule has 0 fully saturated rings. The number of hydrogen-bond donors (Lipinski definition) is 1. The van der Waals surface area contributed by atoms with E-state index in [1.54, 1.807) is 23.1 Å². The molecule has 0 saturated carbocycles. The van der Waals surface area contributed by atoms with E-state index in [9.17, 15) is 9.59 Å². The predicted octanol–water partition coefficient (Wildman–Crippen LogP) is 5.71. The number of aryl methyl sites for hydroxylation is 2. The molecule has 2 amide bonds. The van der Waals surface area contributed by atoms with Crippen LogP contribution < -0.4 is 10.1 Å². The third kappa shape index (κ3) is 7.42. The SMILES string of the molecule is CCC(C)NC(=O)C(CC)N(Cc1ccc(Cl)c(Cl)c1)C(=O)COc1cc(C)cc(C)c1. The van der Waals surface area contributed by atoms with Crippen LogP contribution in [0.5, 0.6) is 5.75 Å². The van der Waals surface area contributed by atoms with Crippen molar-refractivity contribution in [1.29, 1.82) is 0 Å². The highest BCUT2D eigenvalue weighted by Gasteiger charge is 2.29. The second-order valence-electron chi connectivity index (χ2n) is 8.12. The molecule has 0 aromatic heterocycles. The van der Waals surface area contributed by atoms with Crippen LogP contribution in [-0.4, -0.2) is 35.4 Å². The lowest BCUT2D eigenvalue weighted by molar-refractivity contribution is -0.143. The first-order valence-electron chi connectivity index (χ1n) is 10.9. The van der Waals surface area contributed by atoms with E-state index in [0.29, 0.717) is 22.2 Å². The minimum atomic E-state index is -0.631. The van der Waals surface area contributed by atoms with Gasteiger partial charge >= 0.3 is 0 Å². The number of nitrogens with zero attached hydrogens (tertiary/aromatic N) is 1. The largest absolute Gasteiger partial charge is 0.484 e. The van der Waals surface area contributed by atoms with Crippen LogP contribution in [0, 0.1) is 13.8 Å². The number of amides is 2. The normalized spacial score (nSPS) is 12.7. The van der Waals surface area contributed by atoms with Crippen molar-refractivity contribution in [3.63, 3.8) is 0 Å². The van der Waals surface area contributed by atoms with E-state index >= 15 is 0 Å².